The summed E-state index contributed by atoms with van der Waals surface area (Å²) in [5.74, 6) is 0.403. The Bertz CT molecular complexity index is 595. The van der Waals surface area contributed by atoms with Crippen molar-refractivity contribution in [2.45, 2.75) is 6.42 Å². The van der Waals surface area contributed by atoms with Crippen molar-refractivity contribution in [2.24, 2.45) is 5.16 Å². The summed E-state index contributed by atoms with van der Waals surface area (Å²) >= 11 is 0. The van der Waals surface area contributed by atoms with E-state index in [1.807, 2.05) is 42.5 Å². The second-order valence-corrected chi connectivity index (χ2v) is 4.35. The maximum absolute atomic E-state index is 11.7. The van der Waals surface area contributed by atoms with E-state index in [0.29, 0.717) is 12.2 Å². The summed E-state index contributed by atoms with van der Waals surface area (Å²) in [5, 5.41) is 14.0. The lowest BCUT2D eigenvalue weighted by Crippen LogP contribution is -2.20. The smallest absolute Gasteiger partial charge is 0.262 e. The van der Waals surface area contributed by atoms with Crippen molar-refractivity contribution < 1.29 is 14.7 Å². The van der Waals surface area contributed by atoms with Crippen molar-refractivity contribution in [3.05, 3.63) is 60.2 Å². The third-order valence-electron chi connectivity index (χ3n) is 2.76. The van der Waals surface area contributed by atoms with Gasteiger partial charge < -0.3 is 15.3 Å². The van der Waals surface area contributed by atoms with E-state index in [9.17, 15) is 4.79 Å². The normalized spacial score (nSPS) is 10.5. The molecule has 0 spiro atoms. The highest BCUT2D eigenvalue weighted by Crippen LogP contribution is 2.12. The number of amides is 1. The van der Waals surface area contributed by atoms with E-state index in [1.54, 1.807) is 12.1 Å². The van der Waals surface area contributed by atoms with Gasteiger partial charge in [0.05, 0.1) is 0 Å². The first-order valence-corrected chi connectivity index (χ1v) is 6.50. The number of ether oxygens (including phenoxy) is 1. The maximum atomic E-state index is 11.7. The van der Waals surface area contributed by atoms with Crippen LogP contribution in [-0.4, -0.2) is 23.9 Å². The molecule has 1 amide bonds. The summed E-state index contributed by atoms with van der Waals surface area (Å²) in [6, 6.07) is 16.5. The number of rotatable bonds is 6. The Kier molecular flexibility index (Phi) is 5.34. The van der Waals surface area contributed by atoms with Crippen LogP contribution in [0.5, 0.6) is 5.75 Å². The number of nitrogens with zero attached hydrogens (tertiary/aromatic N) is 1. The Morgan fingerprint density at radius 3 is 2.52 bits per heavy atom. The molecule has 2 aromatic rings. The number of carbonyl (C=O) groups excluding carboxylic acids is 1. The molecule has 0 bridgehead atoms. The van der Waals surface area contributed by atoms with Crippen molar-refractivity contribution >= 4 is 17.8 Å². The molecule has 0 fully saturated rings. The summed E-state index contributed by atoms with van der Waals surface area (Å²) in [4.78, 5) is 11.7. The average Bonchev–Trinajstić information content (AvgIpc) is 2.53. The highest BCUT2D eigenvalue weighted by molar-refractivity contribution is 5.91. The highest BCUT2D eigenvalue weighted by atomic mass is 16.5. The summed E-state index contributed by atoms with van der Waals surface area (Å²) in [6.45, 7) is -0.0493. The Morgan fingerprint density at radius 2 is 1.86 bits per heavy atom. The van der Waals surface area contributed by atoms with Gasteiger partial charge in [-0.25, -0.2) is 0 Å². The van der Waals surface area contributed by atoms with Gasteiger partial charge in [0.1, 0.15) is 5.75 Å². The predicted octanol–water partition coefficient (Wildman–Crippen LogP) is 2.71. The van der Waals surface area contributed by atoms with Crippen molar-refractivity contribution in [2.75, 3.05) is 11.9 Å². The minimum Gasteiger partial charge on any atom is -0.484 e. The average molecular weight is 284 g/mol. The Balaban J connectivity index is 1.81. The molecule has 0 unspecified atom stereocenters. The van der Waals surface area contributed by atoms with Crippen molar-refractivity contribution in [1.29, 1.82) is 0 Å². The zero-order valence-corrected chi connectivity index (χ0v) is 11.4. The molecular formula is C16H16N2O3. The van der Waals surface area contributed by atoms with Crippen LogP contribution in [0.3, 0.4) is 0 Å². The third-order valence-corrected chi connectivity index (χ3v) is 2.76. The monoisotopic (exact) mass is 284 g/mol. The molecule has 0 aliphatic rings. The molecule has 2 N–H and O–H groups in total. The van der Waals surface area contributed by atoms with Gasteiger partial charge in [-0.2, -0.15) is 0 Å². The molecule has 2 rings (SSSR count). The van der Waals surface area contributed by atoms with Crippen LogP contribution in [0.15, 0.2) is 59.8 Å². The number of hydrogen-bond donors (Lipinski definition) is 2. The molecule has 108 valence electrons. The topological polar surface area (TPSA) is 70.9 Å². The molecular weight excluding hydrogens is 268 g/mol. The Labute approximate surface area is 122 Å². The number of nitrogens with one attached hydrogen (secondary N) is 1. The third kappa shape index (κ3) is 4.99. The van der Waals surface area contributed by atoms with Gasteiger partial charge in [0, 0.05) is 18.3 Å². The first kappa shape index (κ1) is 14.6. The van der Waals surface area contributed by atoms with Crippen molar-refractivity contribution in [3.8, 4) is 5.75 Å². The maximum Gasteiger partial charge on any atom is 0.262 e. The van der Waals surface area contributed by atoms with Crippen molar-refractivity contribution in [3.63, 3.8) is 0 Å². The van der Waals surface area contributed by atoms with Crippen LogP contribution in [0.4, 0.5) is 5.69 Å². The number of para-hydroxylation sites is 1. The van der Waals surface area contributed by atoms with Crippen LogP contribution in [0.1, 0.15) is 5.56 Å². The van der Waals surface area contributed by atoms with E-state index in [1.165, 1.54) is 6.21 Å². The number of anilines is 1. The second-order valence-electron chi connectivity index (χ2n) is 4.35. The lowest BCUT2D eigenvalue weighted by atomic mass is 10.2. The van der Waals surface area contributed by atoms with Gasteiger partial charge in [0.15, 0.2) is 6.61 Å². The van der Waals surface area contributed by atoms with Crippen molar-refractivity contribution in [1.82, 2.24) is 0 Å². The number of hydrogen-bond acceptors (Lipinski definition) is 4. The molecule has 0 aromatic heterocycles. The molecule has 0 saturated carbocycles. The molecule has 0 aliphatic carbocycles. The van der Waals surface area contributed by atoms with E-state index >= 15 is 0 Å². The molecule has 5 nitrogen and oxygen atoms in total. The lowest BCUT2D eigenvalue weighted by molar-refractivity contribution is -0.118. The second kappa shape index (κ2) is 7.69. The van der Waals surface area contributed by atoms with Gasteiger partial charge in [-0.15, -0.1) is 5.16 Å². The molecule has 2 aromatic carbocycles. The highest BCUT2D eigenvalue weighted by Gasteiger charge is 2.03. The summed E-state index contributed by atoms with van der Waals surface area (Å²) < 4.78 is 5.40. The van der Waals surface area contributed by atoms with Gasteiger partial charge >= 0.3 is 0 Å². The largest absolute Gasteiger partial charge is 0.484 e. The van der Waals surface area contributed by atoms with E-state index in [2.05, 4.69) is 10.5 Å². The van der Waals surface area contributed by atoms with Crippen LogP contribution < -0.4 is 10.1 Å². The van der Waals surface area contributed by atoms with E-state index in [-0.39, 0.29) is 12.5 Å². The fourth-order valence-electron chi connectivity index (χ4n) is 1.74. The van der Waals surface area contributed by atoms with Crippen LogP contribution in [-0.2, 0) is 11.2 Å². The van der Waals surface area contributed by atoms with E-state index in [4.69, 9.17) is 9.94 Å². The van der Waals surface area contributed by atoms with E-state index in [0.717, 1.165) is 11.3 Å². The predicted molar refractivity (Wildman–Crippen MR) is 81.0 cm³/mol. The minimum atomic E-state index is -0.210. The molecule has 0 radical (unpaired) electrons. The summed E-state index contributed by atoms with van der Waals surface area (Å²) in [7, 11) is 0. The SMILES string of the molecule is O=C(COc1ccc(C/C=N/O)cc1)Nc1ccccc1. The van der Waals surface area contributed by atoms with Gasteiger partial charge in [-0.1, -0.05) is 30.3 Å². The summed E-state index contributed by atoms with van der Waals surface area (Å²) in [6.07, 6.45) is 1.95. The van der Waals surface area contributed by atoms with Gasteiger partial charge in [0.2, 0.25) is 0 Å². The molecule has 0 saturated heterocycles. The van der Waals surface area contributed by atoms with E-state index < -0.39 is 0 Å². The standard InChI is InChI=1S/C16H16N2O3/c19-16(18-14-4-2-1-3-5-14)12-21-15-8-6-13(7-9-15)10-11-17-20/h1-9,11,20H,10,12H2,(H,18,19)/b17-11+. The van der Waals surface area contributed by atoms with Gasteiger partial charge in [0.25, 0.3) is 5.91 Å². The molecule has 0 heterocycles. The van der Waals surface area contributed by atoms with Gasteiger partial charge in [-0.3, -0.25) is 4.79 Å². The Morgan fingerprint density at radius 1 is 1.14 bits per heavy atom. The zero-order valence-electron chi connectivity index (χ0n) is 11.4. The zero-order chi connectivity index (χ0) is 14.9. The molecule has 0 atom stereocenters. The number of carbonyl (C=O) groups is 1. The van der Waals surface area contributed by atoms with Crippen LogP contribution in [0, 0.1) is 0 Å². The van der Waals surface area contributed by atoms with Gasteiger partial charge in [-0.05, 0) is 29.8 Å². The fraction of sp³-hybridized carbons (Fsp3) is 0.125. The Hall–Kier alpha value is -2.82. The molecule has 5 heteroatoms. The lowest BCUT2D eigenvalue weighted by Gasteiger charge is -2.07. The number of oxime groups is 1. The quantitative estimate of drug-likeness (QED) is 0.487. The van der Waals surface area contributed by atoms with Crippen LogP contribution >= 0.6 is 0 Å². The molecule has 0 aliphatic heterocycles. The first-order valence-electron chi connectivity index (χ1n) is 6.50. The molecule has 21 heavy (non-hydrogen) atoms. The minimum absolute atomic E-state index is 0.0493. The fourth-order valence-corrected chi connectivity index (χ4v) is 1.74. The van der Waals surface area contributed by atoms with Crippen LogP contribution in [0.25, 0.3) is 0 Å². The summed E-state index contributed by atoms with van der Waals surface area (Å²) in [5.41, 5.74) is 1.73. The first-order chi connectivity index (χ1) is 10.3. The van der Waals surface area contributed by atoms with Crippen LogP contribution in [0.2, 0.25) is 0 Å². The number of benzene rings is 2.